The number of nitrogens with one attached hydrogen (secondary N) is 2. The van der Waals surface area contributed by atoms with Crippen molar-refractivity contribution in [3.8, 4) is 0 Å². The normalized spacial score (nSPS) is 28.6. The largest absolute Gasteiger partial charge is 0.471 e. The Bertz CT molecular complexity index is 1130. The van der Waals surface area contributed by atoms with Crippen molar-refractivity contribution in [3.05, 3.63) is 29.6 Å². The van der Waals surface area contributed by atoms with Crippen molar-refractivity contribution in [2.75, 3.05) is 6.54 Å². The lowest BCUT2D eigenvalue weighted by Crippen LogP contribution is -2.64. The van der Waals surface area contributed by atoms with E-state index in [2.05, 4.69) is 10.3 Å². The number of aromatic nitrogens is 1. The minimum absolute atomic E-state index is 0.0573. The minimum Gasteiger partial charge on any atom is -0.368 e. The van der Waals surface area contributed by atoms with Gasteiger partial charge in [0.2, 0.25) is 17.7 Å². The van der Waals surface area contributed by atoms with Crippen LogP contribution in [0, 0.1) is 22.7 Å². The lowest BCUT2D eigenvalue weighted by molar-refractivity contribution is -0.176. The predicted molar refractivity (Wildman–Crippen MR) is 125 cm³/mol. The van der Waals surface area contributed by atoms with Crippen LogP contribution in [0.5, 0.6) is 0 Å². The van der Waals surface area contributed by atoms with Crippen molar-refractivity contribution >= 4 is 23.6 Å². The van der Waals surface area contributed by atoms with Crippen LogP contribution in [-0.2, 0) is 32.0 Å². The third-order valence-corrected chi connectivity index (χ3v) is 8.19. The Hall–Kier alpha value is -3.18. The third kappa shape index (κ3) is 4.54. The van der Waals surface area contributed by atoms with Gasteiger partial charge in [-0.2, -0.15) is 13.2 Å². The number of halogens is 3. The van der Waals surface area contributed by atoms with E-state index >= 15 is 0 Å². The number of hydrogen-bond acceptors (Lipinski definition) is 5. The highest BCUT2D eigenvalue weighted by atomic mass is 19.4. The maximum atomic E-state index is 13.8. The summed E-state index contributed by atoms with van der Waals surface area (Å²) in [6, 6.07) is 0.950. The number of pyridine rings is 1. The Morgan fingerprint density at radius 2 is 1.81 bits per heavy atom. The number of alkyl halides is 3. The number of rotatable bonds is 5. The van der Waals surface area contributed by atoms with Gasteiger partial charge in [-0.1, -0.05) is 40.7 Å². The molecule has 0 spiro atoms. The van der Waals surface area contributed by atoms with Crippen LogP contribution in [0.2, 0.25) is 0 Å². The van der Waals surface area contributed by atoms with Gasteiger partial charge in [-0.3, -0.25) is 24.2 Å². The van der Waals surface area contributed by atoms with Crippen LogP contribution in [0.25, 0.3) is 0 Å². The summed E-state index contributed by atoms with van der Waals surface area (Å²) in [6.07, 6.45) is -3.36. The lowest BCUT2D eigenvalue weighted by Gasteiger charge is -2.38. The molecule has 0 bridgehead atoms. The lowest BCUT2D eigenvalue weighted by atomic mass is 9.85. The minimum atomic E-state index is -5.17. The van der Waals surface area contributed by atoms with E-state index in [1.54, 1.807) is 18.3 Å². The number of nitrogens with two attached hydrogens (primary N) is 1. The average molecular weight is 524 g/mol. The first-order valence-corrected chi connectivity index (χ1v) is 12.1. The molecule has 2 heterocycles. The highest BCUT2D eigenvalue weighted by molar-refractivity contribution is 5.97. The summed E-state index contributed by atoms with van der Waals surface area (Å²) in [6.45, 7) is 8.66. The molecule has 1 aliphatic heterocycles. The van der Waals surface area contributed by atoms with Crippen molar-refractivity contribution in [1.82, 2.24) is 20.5 Å². The Morgan fingerprint density at radius 3 is 2.35 bits per heavy atom. The van der Waals surface area contributed by atoms with Gasteiger partial charge in [0, 0.05) is 31.3 Å². The van der Waals surface area contributed by atoms with Gasteiger partial charge < -0.3 is 21.3 Å². The molecule has 5 atom stereocenters. The molecule has 4 rings (SSSR count). The molecule has 4 amide bonds. The molecule has 202 valence electrons. The first-order chi connectivity index (χ1) is 16.9. The van der Waals surface area contributed by atoms with Crippen LogP contribution in [0.1, 0.15) is 45.9 Å². The second-order valence-corrected chi connectivity index (χ2v) is 12.1. The Kier molecular flexibility index (Phi) is 6.12. The number of piperidine rings is 1. The summed E-state index contributed by atoms with van der Waals surface area (Å²) < 4.78 is 39.1. The van der Waals surface area contributed by atoms with E-state index in [0.29, 0.717) is 5.69 Å². The molecule has 37 heavy (non-hydrogen) atoms. The first-order valence-electron chi connectivity index (χ1n) is 12.1. The summed E-state index contributed by atoms with van der Waals surface area (Å²) in [5, 5.41) is 4.61. The fraction of sp³-hybridized carbons (Fsp3) is 0.640. The van der Waals surface area contributed by atoms with Gasteiger partial charge in [0.25, 0.3) is 0 Å². The average Bonchev–Trinajstić information content (AvgIpc) is 3.13. The molecule has 4 N–H and O–H groups in total. The molecule has 2 aliphatic carbocycles. The Balaban J connectivity index is 1.62. The molecule has 9 nitrogen and oxygen atoms in total. The fourth-order valence-electron chi connectivity index (χ4n) is 5.94. The molecule has 12 heteroatoms. The number of nitrogens with zero attached hydrogens (tertiary/aromatic N) is 2. The van der Waals surface area contributed by atoms with Gasteiger partial charge in [0.15, 0.2) is 0 Å². The van der Waals surface area contributed by atoms with E-state index in [1.807, 2.05) is 19.2 Å². The van der Waals surface area contributed by atoms with Gasteiger partial charge in [0.05, 0.1) is 0 Å². The molecule has 1 aromatic heterocycles. The topological polar surface area (TPSA) is 134 Å². The van der Waals surface area contributed by atoms with E-state index in [0.717, 1.165) is 5.56 Å². The van der Waals surface area contributed by atoms with Crippen LogP contribution >= 0.6 is 0 Å². The highest BCUT2D eigenvalue weighted by Crippen LogP contribution is 2.65. The molecule has 1 aromatic rings. The maximum absolute atomic E-state index is 13.8. The zero-order valence-electron chi connectivity index (χ0n) is 21.4. The molecule has 1 saturated carbocycles. The molecule has 2 fully saturated rings. The second kappa shape index (κ2) is 8.42. The monoisotopic (exact) mass is 523 g/mol. The van der Waals surface area contributed by atoms with Gasteiger partial charge in [-0.25, -0.2) is 0 Å². The van der Waals surface area contributed by atoms with Crippen LogP contribution in [0.15, 0.2) is 18.3 Å². The Morgan fingerprint density at radius 1 is 1.16 bits per heavy atom. The maximum Gasteiger partial charge on any atom is 0.471 e. The van der Waals surface area contributed by atoms with E-state index < -0.39 is 52.8 Å². The quantitative estimate of drug-likeness (QED) is 0.531. The van der Waals surface area contributed by atoms with Crippen molar-refractivity contribution < 1.29 is 32.3 Å². The number of carbonyl (C=O) groups is 4. The summed E-state index contributed by atoms with van der Waals surface area (Å²) in [5.74, 6) is -4.67. The Labute approximate surface area is 212 Å². The van der Waals surface area contributed by atoms with Gasteiger partial charge in [-0.15, -0.1) is 0 Å². The van der Waals surface area contributed by atoms with Crippen molar-refractivity contribution in [1.29, 1.82) is 0 Å². The standard InChI is InChI=1S/C25H32F3N5O4/c1-22(2,3)17(31-21(37)25(26,27)28)19(35)33-11-13-15(23(13,4)5)16(33)18(34)32-24(20(29)36)9-12-7-6-8-30-14(12)10-24/h6-8,13,15-17H,9-11H2,1-5H3,(H2,29,36)(H,31,37)(H,32,34)/t13-,15-,16-,17+,24?/m0/s1. The fourth-order valence-corrected chi connectivity index (χ4v) is 5.94. The molecule has 0 aromatic carbocycles. The van der Waals surface area contributed by atoms with Crippen LogP contribution < -0.4 is 16.4 Å². The number of amides is 4. The van der Waals surface area contributed by atoms with Gasteiger partial charge in [0.1, 0.15) is 17.6 Å². The molecular formula is C25H32F3N5O4. The van der Waals surface area contributed by atoms with E-state index in [1.165, 1.54) is 25.7 Å². The number of likely N-dealkylation sites (tertiary alicyclic amines) is 1. The molecule has 0 radical (unpaired) electrons. The summed E-state index contributed by atoms with van der Waals surface area (Å²) >= 11 is 0. The zero-order chi connectivity index (χ0) is 27.7. The molecule has 1 saturated heterocycles. The van der Waals surface area contributed by atoms with E-state index in [9.17, 15) is 32.3 Å². The third-order valence-electron chi connectivity index (χ3n) is 8.19. The zero-order valence-corrected chi connectivity index (χ0v) is 21.4. The van der Waals surface area contributed by atoms with Crippen molar-refractivity contribution in [2.45, 2.75) is 71.3 Å². The predicted octanol–water partition coefficient (Wildman–Crippen LogP) is 1.10. The van der Waals surface area contributed by atoms with Crippen molar-refractivity contribution in [2.24, 2.45) is 28.4 Å². The SMILES string of the molecule is CC(C)(C)[C@H](NC(=O)C(F)(F)F)C(=O)N1C[C@H]2[C@@H]([C@H]1C(=O)NC1(C(N)=O)Cc3cccnc3C1)C2(C)C. The van der Waals surface area contributed by atoms with E-state index in [-0.39, 0.29) is 36.6 Å². The summed E-state index contributed by atoms with van der Waals surface area (Å²) in [7, 11) is 0. The van der Waals surface area contributed by atoms with Crippen LogP contribution in [0.3, 0.4) is 0 Å². The van der Waals surface area contributed by atoms with Gasteiger partial charge >= 0.3 is 12.1 Å². The van der Waals surface area contributed by atoms with Crippen molar-refractivity contribution in [3.63, 3.8) is 0 Å². The summed E-state index contributed by atoms with van der Waals surface area (Å²) in [5.41, 5.74) is 4.34. The first kappa shape index (κ1) is 26.9. The number of fused-ring (bicyclic) bond motifs is 2. The number of primary amides is 1. The number of carbonyl (C=O) groups excluding carboxylic acids is 4. The molecular weight excluding hydrogens is 491 g/mol. The van der Waals surface area contributed by atoms with Crippen LogP contribution in [-0.4, -0.2) is 63.9 Å². The van der Waals surface area contributed by atoms with Crippen LogP contribution in [0.4, 0.5) is 13.2 Å². The number of hydrogen-bond donors (Lipinski definition) is 3. The second-order valence-electron chi connectivity index (χ2n) is 12.1. The highest BCUT2D eigenvalue weighted by Gasteiger charge is 2.70. The molecule has 1 unspecified atom stereocenters. The van der Waals surface area contributed by atoms with Gasteiger partial charge in [-0.05, 0) is 34.3 Å². The smallest absolute Gasteiger partial charge is 0.368 e. The molecule has 3 aliphatic rings. The summed E-state index contributed by atoms with van der Waals surface area (Å²) in [4.78, 5) is 57.2. The van der Waals surface area contributed by atoms with E-state index in [4.69, 9.17) is 5.73 Å².